The Kier molecular flexibility index (Phi) is 4.07. The first-order valence-corrected chi connectivity index (χ1v) is 9.31. The minimum Gasteiger partial charge on any atom is -0.493 e. The molecule has 2 aliphatic rings. The number of aromatic hydroxyl groups is 1. The van der Waals surface area contributed by atoms with E-state index in [1.54, 1.807) is 20.3 Å². The van der Waals surface area contributed by atoms with Gasteiger partial charge in [0, 0.05) is 28.9 Å². The number of fused-ring (bicyclic) bond motifs is 1. The van der Waals surface area contributed by atoms with Crippen molar-refractivity contribution in [3.63, 3.8) is 0 Å². The number of benzene rings is 1. The Morgan fingerprint density at radius 1 is 1.24 bits per heavy atom. The van der Waals surface area contributed by atoms with Gasteiger partial charge in [0.25, 0.3) is 5.91 Å². The molecule has 0 spiro atoms. The van der Waals surface area contributed by atoms with E-state index in [1.165, 1.54) is 0 Å². The highest BCUT2D eigenvalue weighted by Gasteiger charge is 2.31. The van der Waals surface area contributed by atoms with Gasteiger partial charge in [0.1, 0.15) is 0 Å². The Bertz CT molecular complexity index is 869. The van der Waals surface area contributed by atoms with E-state index in [4.69, 9.17) is 9.47 Å². The number of hydrogen-bond donors (Lipinski definition) is 1. The number of azo groups is 1. The Labute approximate surface area is 149 Å². The second kappa shape index (κ2) is 6.25. The highest BCUT2D eigenvalue weighted by molar-refractivity contribution is 8.00. The standard InChI is InChI=1S/C17H19N3O4S/c1-23-13-5-11-12(6-14(13)24-2)20(10-7-25-8-10)17(22)15(11)18-19-16(21)9-3-4-9/h5-6,9-10,22H,3-4,7-8H2,1-2H3. The molecule has 1 aliphatic carbocycles. The first-order valence-electron chi connectivity index (χ1n) is 8.16. The normalized spacial score (nSPS) is 17.8. The van der Waals surface area contributed by atoms with E-state index in [1.807, 2.05) is 22.4 Å². The van der Waals surface area contributed by atoms with Crippen molar-refractivity contribution in [2.75, 3.05) is 25.7 Å². The van der Waals surface area contributed by atoms with Crippen LogP contribution in [0.2, 0.25) is 0 Å². The van der Waals surface area contributed by atoms with E-state index >= 15 is 0 Å². The molecule has 1 aliphatic heterocycles. The summed E-state index contributed by atoms with van der Waals surface area (Å²) < 4.78 is 12.6. The Morgan fingerprint density at radius 2 is 1.92 bits per heavy atom. The van der Waals surface area contributed by atoms with E-state index in [0.29, 0.717) is 22.6 Å². The van der Waals surface area contributed by atoms with Crippen LogP contribution in [0.25, 0.3) is 10.9 Å². The second-order valence-corrected chi connectivity index (χ2v) is 7.35. The summed E-state index contributed by atoms with van der Waals surface area (Å²) in [7, 11) is 3.13. The lowest BCUT2D eigenvalue weighted by Gasteiger charge is -2.28. The molecule has 2 fully saturated rings. The van der Waals surface area contributed by atoms with Crippen LogP contribution in [-0.4, -0.2) is 41.3 Å². The Hall–Kier alpha value is -2.22. The molecule has 1 amide bonds. The first kappa shape index (κ1) is 16.3. The average Bonchev–Trinajstić information content (AvgIpc) is 3.38. The van der Waals surface area contributed by atoms with Crippen LogP contribution in [0.15, 0.2) is 22.4 Å². The zero-order valence-corrected chi connectivity index (χ0v) is 14.9. The fraction of sp³-hybridized carbons (Fsp3) is 0.471. The summed E-state index contributed by atoms with van der Waals surface area (Å²) in [5.41, 5.74) is 1.11. The van der Waals surface area contributed by atoms with Crippen LogP contribution in [0.3, 0.4) is 0 Å². The summed E-state index contributed by atoms with van der Waals surface area (Å²) in [6.07, 6.45) is 1.74. The molecule has 2 heterocycles. The summed E-state index contributed by atoms with van der Waals surface area (Å²) in [5, 5.41) is 19.3. The van der Waals surface area contributed by atoms with Crippen LogP contribution < -0.4 is 9.47 Å². The third-order valence-corrected chi connectivity index (χ3v) is 5.86. The van der Waals surface area contributed by atoms with Crippen molar-refractivity contribution in [2.24, 2.45) is 16.1 Å². The molecule has 2 aromatic rings. The summed E-state index contributed by atoms with van der Waals surface area (Å²) in [5.74, 6) is 2.77. The molecule has 4 rings (SSSR count). The summed E-state index contributed by atoms with van der Waals surface area (Å²) in [6, 6.07) is 3.79. The summed E-state index contributed by atoms with van der Waals surface area (Å²) >= 11 is 1.82. The number of carbonyl (C=O) groups is 1. The highest BCUT2D eigenvalue weighted by atomic mass is 32.2. The average molecular weight is 361 g/mol. The quantitative estimate of drug-likeness (QED) is 0.821. The number of rotatable bonds is 5. The van der Waals surface area contributed by atoms with Crippen molar-refractivity contribution in [2.45, 2.75) is 18.9 Å². The maximum absolute atomic E-state index is 11.9. The van der Waals surface area contributed by atoms with Crippen LogP contribution in [0, 0.1) is 5.92 Å². The number of aromatic nitrogens is 1. The molecule has 1 aromatic carbocycles. The molecule has 1 aromatic heterocycles. The van der Waals surface area contributed by atoms with Crippen molar-refractivity contribution < 1.29 is 19.4 Å². The lowest BCUT2D eigenvalue weighted by atomic mass is 10.2. The van der Waals surface area contributed by atoms with Gasteiger partial charge in [-0.05, 0) is 18.9 Å². The minimum absolute atomic E-state index is 0.00287. The number of ether oxygens (including phenoxy) is 2. The Balaban J connectivity index is 1.87. The molecule has 132 valence electrons. The van der Waals surface area contributed by atoms with Gasteiger partial charge in [-0.25, -0.2) is 0 Å². The predicted octanol–water partition coefficient (Wildman–Crippen LogP) is 3.67. The first-order chi connectivity index (χ1) is 12.1. The van der Waals surface area contributed by atoms with Crippen molar-refractivity contribution >= 4 is 34.3 Å². The molecule has 1 saturated heterocycles. The number of nitrogens with zero attached hydrogens (tertiary/aromatic N) is 3. The van der Waals surface area contributed by atoms with Crippen molar-refractivity contribution in [3.05, 3.63) is 12.1 Å². The molecule has 7 nitrogen and oxygen atoms in total. The van der Waals surface area contributed by atoms with Crippen LogP contribution in [0.4, 0.5) is 5.69 Å². The Morgan fingerprint density at radius 3 is 2.48 bits per heavy atom. The zero-order valence-electron chi connectivity index (χ0n) is 14.1. The van der Waals surface area contributed by atoms with E-state index in [9.17, 15) is 9.90 Å². The molecule has 0 radical (unpaired) electrons. The molecule has 25 heavy (non-hydrogen) atoms. The second-order valence-electron chi connectivity index (χ2n) is 6.27. The van der Waals surface area contributed by atoms with Gasteiger partial charge in [-0.1, -0.05) is 0 Å². The molecular formula is C17H19N3O4S. The van der Waals surface area contributed by atoms with Gasteiger partial charge in [-0.2, -0.15) is 11.8 Å². The SMILES string of the molecule is COc1cc2c(N=NC(=O)C3CC3)c(O)n(C3CSC3)c2cc1OC. The topological polar surface area (TPSA) is 85.4 Å². The number of carbonyl (C=O) groups excluding carboxylic acids is 1. The molecule has 1 saturated carbocycles. The monoisotopic (exact) mass is 361 g/mol. The van der Waals surface area contributed by atoms with Crippen LogP contribution >= 0.6 is 11.8 Å². The van der Waals surface area contributed by atoms with Gasteiger partial charge in [0.05, 0.1) is 25.8 Å². The third kappa shape index (κ3) is 2.74. The van der Waals surface area contributed by atoms with E-state index in [2.05, 4.69) is 10.2 Å². The molecule has 0 unspecified atom stereocenters. The van der Waals surface area contributed by atoms with Crippen LogP contribution in [0.1, 0.15) is 18.9 Å². The lowest BCUT2D eigenvalue weighted by Crippen LogP contribution is -2.22. The molecule has 8 heteroatoms. The van der Waals surface area contributed by atoms with Crippen LogP contribution in [-0.2, 0) is 4.79 Å². The van der Waals surface area contributed by atoms with E-state index in [-0.39, 0.29) is 23.7 Å². The third-order valence-electron chi connectivity index (χ3n) is 4.62. The molecular weight excluding hydrogens is 342 g/mol. The van der Waals surface area contributed by atoms with Gasteiger partial charge >= 0.3 is 0 Å². The summed E-state index contributed by atoms with van der Waals surface area (Å²) in [4.78, 5) is 11.9. The van der Waals surface area contributed by atoms with Crippen molar-refractivity contribution in [3.8, 4) is 17.4 Å². The fourth-order valence-corrected chi connectivity index (χ4v) is 3.70. The number of amides is 1. The maximum Gasteiger partial charge on any atom is 0.267 e. The van der Waals surface area contributed by atoms with E-state index in [0.717, 1.165) is 29.9 Å². The predicted molar refractivity (Wildman–Crippen MR) is 95.3 cm³/mol. The van der Waals surface area contributed by atoms with Gasteiger partial charge in [-0.3, -0.25) is 4.79 Å². The van der Waals surface area contributed by atoms with Gasteiger partial charge in [0.15, 0.2) is 17.2 Å². The van der Waals surface area contributed by atoms with Gasteiger partial charge in [0.2, 0.25) is 5.88 Å². The van der Waals surface area contributed by atoms with Crippen molar-refractivity contribution in [1.29, 1.82) is 0 Å². The van der Waals surface area contributed by atoms with Gasteiger partial charge in [-0.15, -0.1) is 10.2 Å². The number of hydrogen-bond acceptors (Lipinski definition) is 6. The van der Waals surface area contributed by atoms with Crippen molar-refractivity contribution in [1.82, 2.24) is 4.57 Å². The zero-order chi connectivity index (χ0) is 17.6. The summed E-state index contributed by atoms with van der Waals surface area (Å²) in [6.45, 7) is 0. The molecule has 0 atom stereocenters. The fourth-order valence-electron chi connectivity index (χ4n) is 2.96. The smallest absolute Gasteiger partial charge is 0.267 e. The molecule has 1 N–H and O–H groups in total. The number of thioether (sulfide) groups is 1. The van der Waals surface area contributed by atoms with Gasteiger partial charge < -0.3 is 19.1 Å². The minimum atomic E-state index is -0.222. The van der Waals surface area contributed by atoms with Crippen LogP contribution in [0.5, 0.6) is 17.4 Å². The molecule has 0 bridgehead atoms. The largest absolute Gasteiger partial charge is 0.493 e. The lowest BCUT2D eigenvalue weighted by molar-refractivity contribution is -0.119. The highest BCUT2D eigenvalue weighted by Crippen LogP contribution is 2.47. The maximum atomic E-state index is 11.9. The number of methoxy groups -OCH3 is 2. The van der Waals surface area contributed by atoms with E-state index < -0.39 is 0 Å².